The fraction of sp³-hybridized carbons (Fsp3) is 1.00. The molecule has 2 aliphatic carbocycles. The number of rotatable bonds is 4. The van der Waals surface area contributed by atoms with Crippen molar-refractivity contribution >= 4 is 8.88 Å². The van der Waals surface area contributed by atoms with Gasteiger partial charge < -0.3 is 8.85 Å². The maximum atomic E-state index is 6.23. The molecule has 0 aromatic carbocycles. The molecule has 3 rings (SSSR count). The lowest BCUT2D eigenvalue weighted by molar-refractivity contribution is 0.0996. The smallest absolute Gasteiger partial charge is 0.374 e. The summed E-state index contributed by atoms with van der Waals surface area (Å²) in [5.41, 5.74) is 0. The molecule has 3 aliphatic rings. The van der Waals surface area contributed by atoms with Crippen molar-refractivity contribution in [1.82, 2.24) is 9.13 Å². The van der Waals surface area contributed by atoms with Crippen LogP contribution in [0.4, 0.5) is 0 Å². The van der Waals surface area contributed by atoms with Crippen LogP contribution in [0, 0.1) is 0 Å². The van der Waals surface area contributed by atoms with Gasteiger partial charge in [-0.15, -0.1) is 0 Å². The third kappa shape index (κ3) is 3.69. The van der Waals surface area contributed by atoms with Gasteiger partial charge in [0.15, 0.2) is 0 Å². The highest BCUT2D eigenvalue weighted by Gasteiger charge is 2.58. The van der Waals surface area contributed by atoms with Crippen LogP contribution < -0.4 is 0 Å². The summed E-state index contributed by atoms with van der Waals surface area (Å²) in [7, 11) is 1.40. The summed E-state index contributed by atoms with van der Waals surface area (Å²) in [6.07, 6.45) is 16.5. The monoisotopic (exact) mass is 340 g/mol. The molecule has 0 radical (unpaired) electrons. The lowest BCUT2D eigenvalue weighted by atomic mass is 10.1. The predicted octanol–water partition coefficient (Wildman–Crippen LogP) is 3.78. The molecule has 4 nitrogen and oxygen atoms in total. The Labute approximate surface area is 143 Å². The first-order valence-electron chi connectivity index (χ1n) is 9.95. The fourth-order valence-electron chi connectivity index (χ4n) is 5.18. The zero-order chi connectivity index (χ0) is 16.1. The molecule has 0 aromatic rings. The van der Waals surface area contributed by atoms with Gasteiger partial charge in [0, 0.05) is 39.4 Å². The van der Waals surface area contributed by atoms with Crippen LogP contribution in [0.25, 0.3) is 0 Å². The van der Waals surface area contributed by atoms with Crippen molar-refractivity contribution in [2.45, 2.75) is 89.1 Å². The average molecular weight is 341 g/mol. The highest BCUT2D eigenvalue weighted by Crippen LogP contribution is 2.36. The van der Waals surface area contributed by atoms with Gasteiger partial charge in [0.2, 0.25) is 0 Å². The van der Waals surface area contributed by atoms with Gasteiger partial charge in [-0.05, 0) is 25.7 Å². The highest BCUT2D eigenvalue weighted by atomic mass is 28.4. The molecule has 2 saturated carbocycles. The van der Waals surface area contributed by atoms with Crippen molar-refractivity contribution in [3.63, 3.8) is 0 Å². The van der Waals surface area contributed by atoms with E-state index in [4.69, 9.17) is 8.85 Å². The predicted molar refractivity (Wildman–Crippen MR) is 96.2 cm³/mol. The molecule has 1 heterocycles. The van der Waals surface area contributed by atoms with Crippen LogP contribution in [0.3, 0.4) is 0 Å². The Balaban J connectivity index is 1.78. The molecular formula is C18H36N2O2Si. The van der Waals surface area contributed by atoms with Crippen LogP contribution in [-0.2, 0) is 8.85 Å². The number of hydrogen-bond acceptors (Lipinski definition) is 4. The molecule has 5 heteroatoms. The van der Waals surface area contributed by atoms with Crippen LogP contribution in [0.15, 0.2) is 0 Å². The Morgan fingerprint density at radius 1 is 0.609 bits per heavy atom. The molecule has 0 aromatic heterocycles. The summed E-state index contributed by atoms with van der Waals surface area (Å²) >= 11 is 0. The summed E-state index contributed by atoms with van der Waals surface area (Å²) < 4.78 is 17.8. The van der Waals surface area contributed by atoms with Crippen LogP contribution in [0.2, 0.25) is 0 Å². The van der Waals surface area contributed by atoms with Gasteiger partial charge in [-0.3, -0.25) is 9.13 Å². The third-order valence-corrected chi connectivity index (χ3v) is 10.1. The van der Waals surface area contributed by atoms with E-state index in [1.54, 1.807) is 0 Å². The lowest BCUT2D eigenvalue weighted by Crippen LogP contribution is -2.67. The Morgan fingerprint density at radius 3 is 1.26 bits per heavy atom. The first kappa shape index (κ1) is 17.9. The molecule has 0 unspecified atom stereocenters. The Morgan fingerprint density at radius 2 is 0.957 bits per heavy atom. The molecule has 0 bridgehead atoms. The minimum Gasteiger partial charge on any atom is -0.374 e. The van der Waals surface area contributed by atoms with Crippen molar-refractivity contribution in [1.29, 1.82) is 0 Å². The molecule has 134 valence electrons. The lowest BCUT2D eigenvalue weighted by Gasteiger charge is -2.43. The SMILES string of the molecule is CO[Si]1(OC)N(C2CCCCCC2)CCN1C1CCCCCC1. The minimum atomic E-state index is -2.39. The van der Waals surface area contributed by atoms with E-state index in [9.17, 15) is 0 Å². The first-order valence-corrected chi connectivity index (χ1v) is 11.7. The van der Waals surface area contributed by atoms with Crippen molar-refractivity contribution < 1.29 is 8.85 Å². The summed E-state index contributed by atoms with van der Waals surface area (Å²) in [6.45, 7) is 2.30. The second-order valence-electron chi connectivity index (χ2n) is 7.63. The molecule has 0 spiro atoms. The van der Waals surface area contributed by atoms with E-state index >= 15 is 0 Å². The van der Waals surface area contributed by atoms with Crippen LogP contribution >= 0.6 is 0 Å². The second kappa shape index (κ2) is 8.43. The van der Waals surface area contributed by atoms with Crippen molar-refractivity contribution in [3.8, 4) is 0 Å². The fourth-order valence-corrected chi connectivity index (χ4v) is 8.82. The summed E-state index contributed by atoms with van der Waals surface area (Å²) in [5, 5.41) is 0. The molecule has 0 N–H and O–H groups in total. The molecule has 1 aliphatic heterocycles. The Bertz CT molecular complexity index is 319. The van der Waals surface area contributed by atoms with E-state index in [1.165, 1.54) is 77.0 Å². The van der Waals surface area contributed by atoms with E-state index in [2.05, 4.69) is 9.13 Å². The molecule has 0 atom stereocenters. The summed E-state index contributed by atoms with van der Waals surface area (Å²) in [6, 6.07) is 1.36. The second-order valence-corrected chi connectivity index (χ2v) is 10.7. The van der Waals surface area contributed by atoms with Gasteiger partial charge in [-0.2, -0.15) is 0 Å². The first-order chi connectivity index (χ1) is 11.3. The molecule has 1 saturated heterocycles. The van der Waals surface area contributed by atoms with E-state index < -0.39 is 8.88 Å². The third-order valence-electron chi connectivity index (χ3n) is 6.37. The zero-order valence-corrected chi connectivity index (χ0v) is 16.3. The quantitative estimate of drug-likeness (QED) is 0.574. The maximum Gasteiger partial charge on any atom is 0.522 e. The number of nitrogens with zero attached hydrogens (tertiary/aromatic N) is 2. The van der Waals surface area contributed by atoms with Crippen LogP contribution in [0.5, 0.6) is 0 Å². The van der Waals surface area contributed by atoms with Gasteiger partial charge >= 0.3 is 8.88 Å². The van der Waals surface area contributed by atoms with Crippen LogP contribution in [0.1, 0.15) is 77.0 Å². The Kier molecular flexibility index (Phi) is 6.55. The van der Waals surface area contributed by atoms with Crippen molar-refractivity contribution in [3.05, 3.63) is 0 Å². The van der Waals surface area contributed by atoms with Gasteiger partial charge in [0.1, 0.15) is 0 Å². The molecule has 23 heavy (non-hydrogen) atoms. The van der Waals surface area contributed by atoms with Crippen molar-refractivity contribution in [2.24, 2.45) is 0 Å². The average Bonchev–Trinajstić information content (AvgIpc) is 2.81. The largest absolute Gasteiger partial charge is 0.522 e. The van der Waals surface area contributed by atoms with E-state index in [1.807, 2.05) is 14.2 Å². The summed E-state index contributed by atoms with van der Waals surface area (Å²) in [4.78, 5) is 0. The highest BCUT2D eigenvalue weighted by molar-refractivity contribution is 6.62. The van der Waals surface area contributed by atoms with Gasteiger partial charge in [0.25, 0.3) is 0 Å². The standard InChI is InChI=1S/C18H36N2O2Si/c1-21-23(22-2)19(17-11-7-3-4-8-12-17)15-16-20(23)18-13-9-5-6-10-14-18/h17-18H,3-16H2,1-2H3. The van der Waals surface area contributed by atoms with E-state index in [0.29, 0.717) is 12.1 Å². The van der Waals surface area contributed by atoms with E-state index in [0.717, 1.165) is 13.1 Å². The molecule has 0 amide bonds. The van der Waals surface area contributed by atoms with Crippen LogP contribution in [-0.4, -0.2) is 57.4 Å². The van der Waals surface area contributed by atoms with E-state index in [-0.39, 0.29) is 0 Å². The van der Waals surface area contributed by atoms with Gasteiger partial charge in [-0.1, -0.05) is 51.4 Å². The minimum absolute atomic E-state index is 0.680. The number of hydrogen-bond donors (Lipinski definition) is 0. The van der Waals surface area contributed by atoms with Gasteiger partial charge in [0.05, 0.1) is 0 Å². The Hall–Kier alpha value is 0.0569. The molecule has 3 fully saturated rings. The van der Waals surface area contributed by atoms with Crippen molar-refractivity contribution in [2.75, 3.05) is 27.3 Å². The topological polar surface area (TPSA) is 24.9 Å². The zero-order valence-electron chi connectivity index (χ0n) is 15.3. The normalized spacial score (nSPS) is 29.5. The molecular weight excluding hydrogens is 304 g/mol. The summed E-state index contributed by atoms with van der Waals surface area (Å²) in [5.74, 6) is 0. The van der Waals surface area contributed by atoms with Gasteiger partial charge in [-0.25, -0.2) is 0 Å². The maximum absolute atomic E-state index is 6.23.